The number of ether oxygens (including phenoxy) is 1. The van der Waals surface area contributed by atoms with Crippen LogP contribution in [0.2, 0.25) is 0 Å². The normalized spacial score (nSPS) is 23.5. The number of amides is 5. The smallest absolute Gasteiger partial charge is 0.344 e. The molecule has 1 heterocycles. The summed E-state index contributed by atoms with van der Waals surface area (Å²) in [7, 11) is 1.55. The predicted molar refractivity (Wildman–Crippen MR) is 94.3 cm³/mol. The molecule has 0 spiro atoms. The zero-order chi connectivity index (χ0) is 18.7. The van der Waals surface area contributed by atoms with Crippen LogP contribution < -0.4 is 20.8 Å². The van der Waals surface area contributed by atoms with E-state index in [0.717, 1.165) is 30.7 Å². The number of urea groups is 2. The lowest BCUT2D eigenvalue weighted by Gasteiger charge is -2.25. The number of benzene rings is 1. The highest BCUT2D eigenvalue weighted by Crippen LogP contribution is 2.29. The monoisotopic (exact) mass is 360 g/mol. The molecular weight excluding hydrogens is 336 g/mol. The lowest BCUT2D eigenvalue weighted by Crippen LogP contribution is -2.53. The summed E-state index contributed by atoms with van der Waals surface area (Å²) in [6, 6.07) is 5.73. The number of hydrogen-bond acceptors (Lipinski definition) is 4. The Morgan fingerprint density at radius 3 is 2.46 bits per heavy atom. The van der Waals surface area contributed by atoms with Crippen LogP contribution in [0.25, 0.3) is 0 Å². The Kier molecular flexibility index (Phi) is 5.01. The second kappa shape index (κ2) is 7.23. The van der Waals surface area contributed by atoms with Crippen LogP contribution in [-0.4, -0.2) is 36.1 Å². The van der Waals surface area contributed by atoms with E-state index in [1.165, 1.54) is 6.42 Å². The number of rotatable bonds is 4. The average molecular weight is 360 g/mol. The Balaban J connectivity index is 1.68. The van der Waals surface area contributed by atoms with E-state index < -0.39 is 23.5 Å². The number of carbonyl (C=O) groups is 3. The molecule has 26 heavy (non-hydrogen) atoms. The summed E-state index contributed by atoms with van der Waals surface area (Å²) in [5.74, 6) is 0.113. The van der Waals surface area contributed by atoms with Gasteiger partial charge in [-0.3, -0.25) is 4.79 Å². The summed E-state index contributed by atoms with van der Waals surface area (Å²) in [6.07, 6.45) is 5.15. The van der Waals surface area contributed by atoms with Crippen LogP contribution in [0.4, 0.5) is 9.59 Å². The Bertz CT molecular complexity index is 700. The first-order valence-electron chi connectivity index (χ1n) is 8.82. The molecule has 1 aliphatic heterocycles. The van der Waals surface area contributed by atoms with Crippen molar-refractivity contribution in [2.24, 2.45) is 0 Å². The van der Waals surface area contributed by atoms with Crippen LogP contribution in [0.5, 0.6) is 5.75 Å². The number of hydrazine groups is 1. The molecule has 0 bridgehead atoms. The largest absolute Gasteiger partial charge is 0.497 e. The zero-order valence-corrected chi connectivity index (χ0v) is 15.0. The second-order valence-corrected chi connectivity index (χ2v) is 6.84. The first-order chi connectivity index (χ1) is 12.4. The number of imide groups is 1. The molecule has 1 unspecified atom stereocenters. The number of methoxy groups -OCH3 is 1. The van der Waals surface area contributed by atoms with Gasteiger partial charge in [0.1, 0.15) is 11.3 Å². The van der Waals surface area contributed by atoms with E-state index in [4.69, 9.17) is 4.74 Å². The van der Waals surface area contributed by atoms with Gasteiger partial charge in [-0.1, -0.05) is 31.4 Å². The van der Waals surface area contributed by atoms with Crippen LogP contribution >= 0.6 is 0 Å². The number of hydrogen-bond donors (Lipinski definition) is 3. The topological polar surface area (TPSA) is 99.8 Å². The van der Waals surface area contributed by atoms with E-state index in [2.05, 4.69) is 16.1 Å². The number of nitrogens with one attached hydrogen (secondary N) is 3. The van der Waals surface area contributed by atoms with Crippen molar-refractivity contribution in [1.29, 1.82) is 0 Å². The van der Waals surface area contributed by atoms with Gasteiger partial charge in [0.2, 0.25) is 0 Å². The maximum atomic E-state index is 12.8. The Labute approximate surface area is 152 Å². The van der Waals surface area contributed by atoms with Gasteiger partial charge in [-0.2, -0.15) is 5.01 Å². The van der Waals surface area contributed by atoms with Crippen LogP contribution in [-0.2, 0) is 10.3 Å². The molecule has 1 aliphatic carbocycles. The molecule has 1 aromatic rings. The Hall–Kier alpha value is -2.77. The first-order valence-corrected chi connectivity index (χ1v) is 8.82. The molecule has 2 aliphatic rings. The molecule has 0 aromatic heterocycles. The van der Waals surface area contributed by atoms with Gasteiger partial charge in [0.25, 0.3) is 5.91 Å². The highest BCUT2D eigenvalue weighted by molar-refractivity contribution is 6.08. The molecule has 1 atom stereocenters. The number of carbonyl (C=O) groups excluding carboxylic acids is 3. The highest BCUT2D eigenvalue weighted by Gasteiger charge is 2.50. The van der Waals surface area contributed by atoms with Crippen LogP contribution in [0.1, 0.15) is 44.6 Å². The molecule has 3 N–H and O–H groups in total. The van der Waals surface area contributed by atoms with Crippen LogP contribution in [0.15, 0.2) is 24.3 Å². The molecule has 1 saturated carbocycles. The molecule has 8 nitrogen and oxygen atoms in total. The minimum atomic E-state index is -1.25. The van der Waals surface area contributed by atoms with Gasteiger partial charge >= 0.3 is 12.1 Å². The molecule has 1 saturated heterocycles. The van der Waals surface area contributed by atoms with Gasteiger partial charge < -0.3 is 15.4 Å². The summed E-state index contributed by atoms with van der Waals surface area (Å²) < 4.78 is 5.11. The fourth-order valence-corrected chi connectivity index (χ4v) is 3.43. The van der Waals surface area contributed by atoms with Gasteiger partial charge in [-0.05, 0) is 37.5 Å². The summed E-state index contributed by atoms with van der Waals surface area (Å²) in [5, 5.41) is 6.21. The van der Waals surface area contributed by atoms with Crippen molar-refractivity contribution in [3.8, 4) is 5.75 Å². The third-order valence-corrected chi connectivity index (χ3v) is 5.01. The number of nitrogens with zero attached hydrogens (tertiary/aromatic N) is 1. The minimum absolute atomic E-state index is 0.0810. The Morgan fingerprint density at radius 1 is 1.19 bits per heavy atom. The predicted octanol–water partition coefficient (Wildman–Crippen LogP) is 2.01. The molecule has 1 aromatic carbocycles. The van der Waals surface area contributed by atoms with Crippen molar-refractivity contribution in [2.75, 3.05) is 7.11 Å². The third kappa shape index (κ3) is 3.44. The van der Waals surface area contributed by atoms with Gasteiger partial charge in [0, 0.05) is 6.04 Å². The third-order valence-electron chi connectivity index (χ3n) is 5.01. The van der Waals surface area contributed by atoms with Gasteiger partial charge in [0.15, 0.2) is 0 Å². The fraction of sp³-hybridized carbons (Fsp3) is 0.500. The lowest BCUT2D eigenvalue weighted by molar-refractivity contribution is -0.132. The second-order valence-electron chi connectivity index (χ2n) is 6.84. The molecule has 140 valence electrons. The summed E-state index contributed by atoms with van der Waals surface area (Å²) in [4.78, 5) is 37.2. The standard InChI is InChI=1S/C18H24N4O4/c1-18(12-8-10-14(26-2)11-9-12)15(23)22(17(25)20-18)21-16(24)19-13-6-4-3-5-7-13/h8-11,13H,3-7H2,1-2H3,(H,20,25)(H2,19,21,24). The molecular formula is C18H24N4O4. The highest BCUT2D eigenvalue weighted by atomic mass is 16.5. The quantitative estimate of drug-likeness (QED) is 0.715. The molecule has 0 radical (unpaired) electrons. The van der Waals surface area contributed by atoms with Gasteiger partial charge in [-0.15, -0.1) is 0 Å². The van der Waals surface area contributed by atoms with Crippen molar-refractivity contribution >= 4 is 18.0 Å². The average Bonchev–Trinajstić information content (AvgIpc) is 2.86. The van der Waals surface area contributed by atoms with E-state index in [1.54, 1.807) is 38.3 Å². The maximum absolute atomic E-state index is 12.8. The molecule has 5 amide bonds. The van der Waals surface area contributed by atoms with E-state index in [-0.39, 0.29) is 6.04 Å². The van der Waals surface area contributed by atoms with Gasteiger partial charge in [-0.25, -0.2) is 15.0 Å². The summed E-state index contributed by atoms with van der Waals surface area (Å²) in [5.41, 5.74) is 1.73. The van der Waals surface area contributed by atoms with Crippen molar-refractivity contribution in [2.45, 2.75) is 50.6 Å². The van der Waals surface area contributed by atoms with E-state index in [9.17, 15) is 14.4 Å². The SMILES string of the molecule is COc1ccc(C2(C)NC(=O)N(NC(=O)NC3CCCCC3)C2=O)cc1. The summed E-state index contributed by atoms with van der Waals surface area (Å²) in [6.45, 7) is 1.61. The van der Waals surface area contributed by atoms with Crippen molar-refractivity contribution in [3.63, 3.8) is 0 Å². The van der Waals surface area contributed by atoms with Crippen LogP contribution in [0.3, 0.4) is 0 Å². The zero-order valence-electron chi connectivity index (χ0n) is 15.0. The van der Waals surface area contributed by atoms with E-state index in [1.807, 2.05) is 0 Å². The van der Waals surface area contributed by atoms with Crippen LogP contribution in [0, 0.1) is 0 Å². The maximum Gasteiger partial charge on any atom is 0.344 e. The van der Waals surface area contributed by atoms with E-state index >= 15 is 0 Å². The van der Waals surface area contributed by atoms with E-state index in [0.29, 0.717) is 11.3 Å². The molecule has 2 fully saturated rings. The molecule has 3 rings (SSSR count). The lowest BCUT2D eigenvalue weighted by atomic mass is 9.92. The Morgan fingerprint density at radius 2 is 1.85 bits per heavy atom. The first kappa shape index (κ1) is 18.0. The van der Waals surface area contributed by atoms with Crippen molar-refractivity contribution < 1.29 is 19.1 Å². The summed E-state index contributed by atoms with van der Waals surface area (Å²) >= 11 is 0. The van der Waals surface area contributed by atoms with Crippen molar-refractivity contribution in [3.05, 3.63) is 29.8 Å². The fourth-order valence-electron chi connectivity index (χ4n) is 3.43. The minimum Gasteiger partial charge on any atom is -0.497 e. The molecule has 8 heteroatoms. The van der Waals surface area contributed by atoms with Gasteiger partial charge in [0.05, 0.1) is 7.11 Å². The van der Waals surface area contributed by atoms with Crippen molar-refractivity contribution in [1.82, 2.24) is 21.1 Å².